The lowest BCUT2D eigenvalue weighted by molar-refractivity contribution is -0.143. The number of hydrogen-bond acceptors (Lipinski definition) is 6. The first-order valence-electron chi connectivity index (χ1n) is 12.7. The second-order valence-corrected chi connectivity index (χ2v) is 9.83. The number of methoxy groups -OCH3 is 1. The number of fused-ring (bicyclic) bond motifs is 1. The van der Waals surface area contributed by atoms with Gasteiger partial charge in [0.25, 0.3) is 0 Å². The molecule has 3 aromatic carbocycles. The van der Waals surface area contributed by atoms with Gasteiger partial charge in [-0.15, -0.1) is 0 Å². The Kier molecular flexibility index (Phi) is 7.20. The van der Waals surface area contributed by atoms with Gasteiger partial charge in [-0.25, -0.2) is 0 Å². The van der Waals surface area contributed by atoms with Gasteiger partial charge in [0.05, 0.1) is 13.7 Å². The summed E-state index contributed by atoms with van der Waals surface area (Å²) in [5, 5.41) is 10.1. The van der Waals surface area contributed by atoms with Crippen molar-refractivity contribution in [3.8, 4) is 0 Å². The van der Waals surface area contributed by atoms with Crippen LogP contribution in [0.2, 0.25) is 0 Å². The number of nitrogens with zero attached hydrogens (tertiary/aromatic N) is 3. The van der Waals surface area contributed by atoms with Crippen molar-refractivity contribution in [2.45, 2.75) is 24.9 Å². The molecule has 0 spiro atoms. The summed E-state index contributed by atoms with van der Waals surface area (Å²) in [6.07, 6.45) is 2.05. The Morgan fingerprint density at radius 1 is 0.972 bits per heavy atom. The topological polar surface area (TPSA) is 85.9 Å². The fourth-order valence-electron chi connectivity index (χ4n) is 5.71. The number of ether oxygens (including phenoxy) is 1. The van der Waals surface area contributed by atoms with Crippen molar-refractivity contribution in [1.82, 2.24) is 9.80 Å². The van der Waals surface area contributed by atoms with Crippen molar-refractivity contribution >= 4 is 28.3 Å². The van der Waals surface area contributed by atoms with Crippen LogP contribution in [0.5, 0.6) is 0 Å². The lowest BCUT2D eigenvalue weighted by atomic mass is 9.89. The molecule has 0 bridgehead atoms. The predicted molar refractivity (Wildman–Crippen MR) is 145 cm³/mol. The van der Waals surface area contributed by atoms with Gasteiger partial charge in [-0.3, -0.25) is 20.0 Å². The number of carbonyl (C=O) groups is 1. The molecule has 36 heavy (non-hydrogen) atoms. The van der Waals surface area contributed by atoms with Crippen LogP contribution in [-0.2, 0) is 9.53 Å². The smallest absolute Gasteiger partial charge is 0.319 e. The van der Waals surface area contributed by atoms with E-state index in [1.54, 1.807) is 0 Å². The number of nitrogens with one attached hydrogen (secondary N) is 1. The molecule has 3 aromatic rings. The van der Waals surface area contributed by atoms with Crippen LogP contribution in [0, 0.1) is 5.41 Å². The zero-order chi connectivity index (χ0) is 25.1. The normalized spacial score (nSPS) is 21.4. The van der Waals surface area contributed by atoms with E-state index in [2.05, 4.69) is 69.3 Å². The molecule has 5 rings (SSSR count). The van der Waals surface area contributed by atoms with Gasteiger partial charge in [0.2, 0.25) is 0 Å². The number of amidine groups is 1. The summed E-state index contributed by atoms with van der Waals surface area (Å²) in [6, 6.07) is 23.8. The molecule has 0 saturated carbocycles. The zero-order valence-corrected chi connectivity index (χ0v) is 20.9. The Morgan fingerprint density at radius 3 is 2.39 bits per heavy atom. The lowest BCUT2D eigenvalue weighted by Gasteiger charge is -2.46. The molecular weight excluding hydrogens is 450 g/mol. The minimum atomic E-state index is -0.177. The van der Waals surface area contributed by atoms with Crippen molar-refractivity contribution < 1.29 is 9.53 Å². The van der Waals surface area contributed by atoms with E-state index in [-0.39, 0.29) is 17.8 Å². The largest absolute Gasteiger partial charge is 0.468 e. The third kappa shape index (κ3) is 5.22. The molecule has 7 nitrogen and oxygen atoms in total. The number of benzene rings is 3. The number of piperazine rings is 1. The molecule has 2 aliphatic heterocycles. The molecule has 0 amide bonds. The van der Waals surface area contributed by atoms with Crippen LogP contribution in [0.25, 0.3) is 10.8 Å². The Labute approximate surface area is 212 Å². The third-order valence-corrected chi connectivity index (χ3v) is 7.78. The molecule has 0 aliphatic carbocycles. The summed E-state index contributed by atoms with van der Waals surface area (Å²) in [5.74, 6) is -0.0745. The fraction of sp³-hybridized carbons (Fsp3) is 0.379. The van der Waals surface area contributed by atoms with E-state index in [0.717, 1.165) is 51.1 Å². The van der Waals surface area contributed by atoms with Crippen LogP contribution < -0.4 is 10.6 Å². The maximum atomic E-state index is 12.2. The Balaban J connectivity index is 1.28. The van der Waals surface area contributed by atoms with Gasteiger partial charge in [0, 0.05) is 56.1 Å². The number of likely N-dealkylation sites (tertiary alicyclic amines) is 1. The number of anilines is 1. The van der Waals surface area contributed by atoms with Gasteiger partial charge >= 0.3 is 5.97 Å². The fourth-order valence-corrected chi connectivity index (χ4v) is 5.71. The summed E-state index contributed by atoms with van der Waals surface area (Å²) < 4.78 is 5.01. The molecule has 2 aliphatic rings. The molecule has 2 saturated heterocycles. The van der Waals surface area contributed by atoms with E-state index >= 15 is 0 Å². The van der Waals surface area contributed by atoms with Crippen molar-refractivity contribution in [3.05, 3.63) is 77.9 Å². The molecule has 0 radical (unpaired) electrons. The van der Waals surface area contributed by atoms with Crippen LogP contribution in [0.1, 0.15) is 30.0 Å². The highest BCUT2D eigenvalue weighted by Gasteiger charge is 2.35. The standard InChI is InChI=1S/C29H35N5O2/c1-36-28(35)20-34-13-12-26(19-27(34)24-7-6-21-4-2-3-5-23(21)18-24)33-16-14-32(15-17-33)25-10-8-22(9-11-25)29(30)31/h2-11,18,26-27H,12-17,19-20H2,1H3,(H3,30,31). The molecule has 2 unspecified atom stereocenters. The van der Waals surface area contributed by atoms with Crippen LogP contribution in [0.4, 0.5) is 5.69 Å². The minimum absolute atomic E-state index is 0.103. The quantitative estimate of drug-likeness (QED) is 0.315. The Hall–Kier alpha value is -3.42. The second kappa shape index (κ2) is 10.7. The molecule has 7 heteroatoms. The van der Waals surface area contributed by atoms with E-state index in [0.29, 0.717) is 12.6 Å². The minimum Gasteiger partial charge on any atom is -0.468 e. The first kappa shape index (κ1) is 24.3. The highest BCUT2D eigenvalue weighted by molar-refractivity contribution is 5.95. The van der Waals surface area contributed by atoms with Crippen LogP contribution in [-0.4, -0.2) is 74.0 Å². The van der Waals surface area contributed by atoms with Crippen molar-refractivity contribution in [2.75, 3.05) is 51.3 Å². The average Bonchev–Trinajstić information content (AvgIpc) is 2.93. The number of rotatable bonds is 6. The summed E-state index contributed by atoms with van der Waals surface area (Å²) in [5.41, 5.74) is 8.81. The van der Waals surface area contributed by atoms with Crippen LogP contribution >= 0.6 is 0 Å². The van der Waals surface area contributed by atoms with E-state index in [9.17, 15) is 4.79 Å². The lowest BCUT2D eigenvalue weighted by Crippen LogP contribution is -2.54. The summed E-state index contributed by atoms with van der Waals surface area (Å²) in [4.78, 5) is 19.5. The van der Waals surface area contributed by atoms with Gasteiger partial charge in [-0.2, -0.15) is 0 Å². The van der Waals surface area contributed by atoms with E-state index < -0.39 is 0 Å². The maximum Gasteiger partial charge on any atom is 0.319 e. The zero-order valence-electron chi connectivity index (χ0n) is 20.9. The van der Waals surface area contributed by atoms with Crippen molar-refractivity contribution in [3.63, 3.8) is 0 Å². The molecular formula is C29H35N5O2. The monoisotopic (exact) mass is 485 g/mol. The summed E-state index contributed by atoms with van der Waals surface area (Å²) in [7, 11) is 1.47. The van der Waals surface area contributed by atoms with Gasteiger partial charge in [0.1, 0.15) is 5.84 Å². The number of esters is 1. The first-order chi connectivity index (χ1) is 17.5. The molecule has 0 aromatic heterocycles. The van der Waals surface area contributed by atoms with E-state index in [1.807, 2.05) is 12.1 Å². The summed E-state index contributed by atoms with van der Waals surface area (Å²) in [6.45, 7) is 5.18. The Morgan fingerprint density at radius 2 is 1.69 bits per heavy atom. The number of nitrogens with two attached hydrogens (primary N) is 1. The van der Waals surface area contributed by atoms with E-state index in [4.69, 9.17) is 15.9 Å². The van der Waals surface area contributed by atoms with Gasteiger partial charge in [-0.05, 0) is 59.5 Å². The predicted octanol–water partition coefficient (Wildman–Crippen LogP) is 3.62. The number of piperidine rings is 1. The SMILES string of the molecule is COC(=O)CN1CCC(N2CCN(c3ccc(C(=N)N)cc3)CC2)CC1c1ccc2ccccc2c1. The van der Waals surface area contributed by atoms with Gasteiger partial charge in [0.15, 0.2) is 0 Å². The van der Waals surface area contributed by atoms with Crippen molar-refractivity contribution in [1.29, 1.82) is 5.41 Å². The third-order valence-electron chi connectivity index (χ3n) is 7.78. The van der Waals surface area contributed by atoms with Crippen LogP contribution in [0.15, 0.2) is 66.7 Å². The maximum absolute atomic E-state index is 12.2. The van der Waals surface area contributed by atoms with Crippen LogP contribution in [0.3, 0.4) is 0 Å². The van der Waals surface area contributed by atoms with E-state index in [1.165, 1.54) is 29.1 Å². The Bertz CT molecular complexity index is 1220. The number of nitrogen functional groups attached to an aromatic ring is 1. The molecule has 188 valence electrons. The molecule has 2 atom stereocenters. The highest BCUT2D eigenvalue weighted by atomic mass is 16.5. The first-order valence-corrected chi connectivity index (χ1v) is 12.7. The molecule has 3 N–H and O–H groups in total. The van der Waals surface area contributed by atoms with Crippen molar-refractivity contribution in [2.24, 2.45) is 5.73 Å². The van der Waals surface area contributed by atoms with Gasteiger partial charge in [-0.1, -0.05) is 36.4 Å². The number of hydrogen-bond donors (Lipinski definition) is 2. The summed E-state index contributed by atoms with van der Waals surface area (Å²) >= 11 is 0. The number of carbonyl (C=O) groups excluding carboxylic acids is 1. The average molecular weight is 486 g/mol. The van der Waals surface area contributed by atoms with Gasteiger partial charge < -0.3 is 15.4 Å². The highest BCUT2D eigenvalue weighted by Crippen LogP contribution is 2.35. The second-order valence-electron chi connectivity index (χ2n) is 9.83. The molecule has 2 heterocycles. The molecule has 2 fully saturated rings.